The van der Waals surface area contributed by atoms with E-state index in [2.05, 4.69) is 48.9 Å². The molecule has 3 aromatic rings. The molecule has 164 valence electrons. The van der Waals surface area contributed by atoms with Crippen molar-refractivity contribution >= 4 is 5.91 Å². The van der Waals surface area contributed by atoms with E-state index in [9.17, 15) is 4.79 Å². The summed E-state index contributed by atoms with van der Waals surface area (Å²) in [5.41, 5.74) is 5.73. The van der Waals surface area contributed by atoms with Gasteiger partial charge in [-0.05, 0) is 69.4 Å². The lowest BCUT2D eigenvalue weighted by atomic mass is 9.57. The molecule has 1 aliphatic heterocycles. The van der Waals surface area contributed by atoms with Gasteiger partial charge in [0.2, 0.25) is 0 Å². The minimum Gasteiger partial charge on any atom is -0.490 e. The van der Waals surface area contributed by atoms with Crippen LogP contribution in [0.15, 0.2) is 54.6 Å². The van der Waals surface area contributed by atoms with Crippen LogP contribution in [-0.4, -0.2) is 39.8 Å². The summed E-state index contributed by atoms with van der Waals surface area (Å²) >= 11 is 0. The summed E-state index contributed by atoms with van der Waals surface area (Å²) in [7, 11) is 0. The van der Waals surface area contributed by atoms with E-state index in [1.165, 1.54) is 11.3 Å². The number of hydrogen-bond acceptors (Lipinski definition) is 3. The predicted octanol–water partition coefficient (Wildman–Crippen LogP) is 5.05. The number of benzene rings is 2. The van der Waals surface area contributed by atoms with Crippen LogP contribution in [0, 0.1) is 19.3 Å². The van der Waals surface area contributed by atoms with Gasteiger partial charge < -0.3 is 9.64 Å². The highest BCUT2D eigenvalue weighted by Gasteiger charge is 2.54. The monoisotopic (exact) mass is 427 g/mol. The molecule has 5 nitrogen and oxygen atoms in total. The van der Waals surface area contributed by atoms with Crippen LogP contribution in [0.1, 0.15) is 58.9 Å². The number of aromatic nitrogens is 2. The normalized spacial score (nSPS) is 19.5. The van der Waals surface area contributed by atoms with Crippen LogP contribution in [0.3, 0.4) is 0 Å². The molecule has 0 radical (unpaired) electrons. The van der Waals surface area contributed by atoms with Gasteiger partial charge in [0.05, 0.1) is 23.0 Å². The Kier molecular flexibility index (Phi) is 4.42. The number of carbonyl (C=O) groups is 1. The minimum atomic E-state index is 0.108. The number of rotatable bonds is 5. The van der Waals surface area contributed by atoms with Gasteiger partial charge in [-0.3, -0.25) is 4.79 Å². The van der Waals surface area contributed by atoms with Gasteiger partial charge in [0, 0.05) is 30.1 Å². The SMILES string of the molecule is Cc1cc(C2CC3(C2)CN(C(=O)c2ccccc2OC2CC2)C3)n(-c2ccccc2C)n1. The molecule has 6 rings (SSSR count). The minimum absolute atomic E-state index is 0.108. The predicted molar refractivity (Wildman–Crippen MR) is 123 cm³/mol. The molecule has 5 heteroatoms. The molecule has 0 N–H and O–H groups in total. The number of hydrogen-bond donors (Lipinski definition) is 0. The first-order chi connectivity index (χ1) is 15.5. The second-order valence-electron chi connectivity index (χ2n) is 9.99. The van der Waals surface area contributed by atoms with Crippen LogP contribution in [0.2, 0.25) is 0 Å². The maximum absolute atomic E-state index is 13.1. The molecule has 1 aromatic heterocycles. The van der Waals surface area contributed by atoms with E-state index in [0.717, 1.165) is 55.9 Å². The molecule has 1 amide bonds. The summed E-state index contributed by atoms with van der Waals surface area (Å²) in [5, 5.41) is 4.80. The summed E-state index contributed by atoms with van der Waals surface area (Å²) in [6, 6.07) is 18.4. The number of amides is 1. The van der Waals surface area contributed by atoms with Gasteiger partial charge in [0.15, 0.2) is 0 Å². The van der Waals surface area contributed by atoms with Crippen LogP contribution in [0.25, 0.3) is 5.69 Å². The maximum atomic E-state index is 13.1. The smallest absolute Gasteiger partial charge is 0.257 e. The average Bonchev–Trinajstić information content (AvgIpc) is 3.46. The van der Waals surface area contributed by atoms with Crippen molar-refractivity contribution in [1.82, 2.24) is 14.7 Å². The summed E-state index contributed by atoms with van der Waals surface area (Å²) < 4.78 is 8.11. The highest BCUT2D eigenvalue weighted by molar-refractivity contribution is 5.97. The molecule has 2 saturated carbocycles. The van der Waals surface area contributed by atoms with Crippen molar-refractivity contribution < 1.29 is 9.53 Å². The molecule has 2 heterocycles. The van der Waals surface area contributed by atoms with Crippen molar-refractivity contribution in [2.75, 3.05) is 13.1 Å². The van der Waals surface area contributed by atoms with Crippen LogP contribution < -0.4 is 4.74 Å². The molecule has 1 spiro atoms. The highest BCUT2D eigenvalue weighted by atomic mass is 16.5. The van der Waals surface area contributed by atoms with Crippen molar-refractivity contribution in [2.24, 2.45) is 5.41 Å². The molecule has 0 bridgehead atoms. The standard InChI is InChI=1S/C27H29N3O2/c1-18-7-3-5-9-23(18)30-24(13-19(2)28-30)20-14-27(15-20)16-29(17-27)26(31)22-8-4-6-10-25(22)32-21-11-12-21/h3-10,13,20-21H,11-12,14-17H2,1-2H3. The van der Waals surface area contributed by atoms with Crippen molar-refractivity contribution in [1.29, 1.82) is 0 Å². The van der Waals surface area contributed by atoms with Crippen LogP contribution in [0.5, 0.6) is 5.75 Å². The molecule has 1 saturated heterocycles. The fourth-order valence-electron chi connectivity index (χ4n) is 5.45. The fraction of sp³-hybridized carbons (Fsp3) is 0.407. The lowest BCUT2D eigenvalue weighted by Gasteiger charge is -2.59. The topological polar surface area (TPSA) is 47.4 Å². The van der Waals surface area contributed by atoms with Crippen molar-refractivity contribution in [3.05, 3.63) is 77.1 Å². The van der Waals surface area contributed by atoms with E-state index in [4.69, 9.17) is 9.84 Å². The van der Waals surface area contributed by atoms with Gasteiger partial charge in [-0.15, -0.1) is 0 Å². The van der Waals surface area contributed by atoms with Crippen molar-refractivity contribution in [3.63, 3.8) is 0 Å². The Hall–Kier alpha value is -3.08. The third-order valence-electron chi connectivity index (χ3n) is 7.26. The molecular formula is C27H29N3O2. The van der Waals surface area contributed by atoms with Crippen LogP contribution >= 0.6 is 0 Å². The number of carbonyl (C=O) groups excluding carboxylic acids is 1. The summed E-state index contributed by atoms with van der Waals surface area (Å²) in [4.78, 5) is 15.1. The largest absolute Gasteiger partial charge is 0.490 e. The van der Waals surface area contributed by atoms with E-state index in [1.54, 1.807) is 0 Å². The fourth-order valence-corrected chi connectivity index (χ4v) is 5.45. The number of ether oxygens (including phenoxy) is 1. The molecule has 2 aliphatic carbocycles. The first-order valence-corrected chi connectivity index (χ1v) is 11.7. The summed E-state index contributed by atoms with van der Waals surface area (Å²) in [6.45, 7) is 5.89. The Bertz CT molecular complexity index is 1180. The van der Waals surface area contributed by atoms with Crippen molar-refractivity contribution in [2.45, 2.75) is 51.6 Å². The van der Waals surface area contributed by atoms with E-state index in [0.29, 0.717) is 17.6 Å². The quantitative estimate of drug-likeness (QED) is 0.572. The molecular weight excluding hydrogens is 398 g/mol. The Morgan fingerprint density at radius 3 is 2.50 bits per heavy atom. The molecule has 3 fully saturated rings. The van der Waals surface area contributed by atoms with Gasteiger partial charge in [-0.1, -0.05) is 30.3 Å². The van der Waals surface area contributed by atoms with E-state index in [1.807, 2.05) is 29.2 Å². The van der Waals surface area contributed by atoms with Crippen molar-refractivity contribution in [3.8, 4) is 11.4 Å². The third kappa shape index (κ3) is 3.31. The zero-order valence-corrected chi connectivity index (χ0v) is 18.8. The van der Waals surface area contributed by atoms with Gasteiger partial charge in [-0.2, -0.15) is 5.10 Å². The Morgan fingerprint density at radius 1 is 1.03 bits per heavy atom. The molecule has 0 atom stereocenters. The number of para-hydroxylation sites is 2. The zero-order valence-electron chi connectivity index (χ0n) is 18.8. The highest BCUT2D eigenvalue weighted by Crippen LogP contribution is 2.56. The zero-order chi connectivity index (χ0) is 21.9. The lowest BCUT2D eigenvalue weighted by molar-refractivity contribution is -0.0566. The molecule has 32 heavy (non-hydrogen) atoms. The van der Waals surface area contributed by atoms with Gasteiger partial charge >= 0.3 is 0 Å². The summed E-state index contributed by atoms with van der Waals surface area (Å²) in [5.74, 6) is 1.35. The molecule has 0 unspecified atom stereocenters. The third-order valence-corrected chi connectivity index (χ3v) is 7.26. The maximum Gasteiger partial charge on any atom is 0.257 e. The Morgan fingerprint density at radius 2 is 1.75 bits per heavy atom. The molecule has 3 aliphatic rings. The van der Waals surface area contributed by atoms with E-state index in [-0.39, 0.29) is 11.3 Å². The number of nitrogens with zero attached hydrogens (tertiary/aromatic N) is 3. The van der Waals surface area contributed by atoms with Crippen LogP contribution in [-0.2, 0) is 0 Å². The Labute approximate surface area is 189 Å². The summed E-state index contributed by atoms with van der Waals surface area (Å²) in [6.07, 6.45) is 4.72. The second kappa shape index (κ2) is 7.22. The second-order valence-corrected chi connectivity index (χ2v) is 9.99. The first kappa shape index (κ1) is 19.6. The number of aryl methyl sites for hydroxylation is 2. The van der Waals surface area contributed by atoms with E-state index < -0.39 is 0 Å². The van der Waals surface area contributed by atoms with Gasteiger partial charge in [-0.25, -0.2) is 4.68 Å². The average molecular weight is 428 g/mol. The first-order valence-electron chi connectivity index (χ1n) is 11.7. The lowest BCUT2D eigenvalue weighted by Crippen LogP contribution is -2.63. The number of likely N-dealkylation sites (tertiary alicyclic amines) is 1. The Balaban J connectivity index is 1.14. The van der Waals surface area contributed by atoms with Gasteiger partial charge in [0.25, 0.3) is 5.91 Å². The van der Waals surface area contributed by atoms with Crippen LogP contribution in [0.4, 0.5) is 0 Å². The van der Waals surface area contributed by atoms with E-state index >= 15 is 0 Å². The van der Waals surface area contributed by atoms with Gasteiger partial charge in [0.1, 0.15) is 5.75 Å². The molecule has 2 aromatic carbocycles.